The summed E-state index contributed by atoms with van der Waals surface area (Å²) in [5.74, 6) is 2.20. The van der Waals surface area contributed by atoms with Crippen LogP contribution in [-0.4, -0.2) is 76.3 Å². The van der Waals surface area contributed by atoms with Gasteiger partial charge in [-0.3, -0.25) is 10.2 Å². The summed E-state index contributed by atoms with van der Waals surface area (Å²) < 4.78 is 6.20. The minimum atomic E-state index is -1.03. The molecule has 11 atom stereocenters. The summed E-state index contributed by atoms with van der Waals surface area (Å²) in [7, 11) is 0. The van der Waals surface area contributed by atoms with Crippen molar-refractivity contribution in [2.24, 2.45) is 23.7 Å². The third-order valence-corrected chi connectivity index (χ3v) is 8.61. The lowest BCUT2D eigenvalue weighted by Gasteiger charge is -2.40. The van der Waals surface area contributed by atoms with Crippen LogP contribution in [0.25, 0.3) is 0 Å². The SMILES string of the molecule is CC1NCNC2C1CCN2[C@@H]1O[C@H]([C@H](O)C2CCC3CCCC3C2)[C@@H](O)[C@H]1O. The van der Waals surface area contributed by atoms with E-state index in [0.29, 0.717) is 12.0 Å². The van der Waals surface area contributed by atoms with Crippen LogP contribution in [0.1, 0.15) is 51.9 Å². The molecule has 0 aromatic heterocycles. The molecule has 0 radical (unpaired) electrons. The van der Waals surface area contributed by atoms with Crippen molar-refractivity contribution >= 4 is 0 Å². The summed E-state index contributed by atoms with van der Waals surface area (Å²) in [5, 5.41) is 39.5. The Morgan fingerprint density at radius 2 is 1.82 bits per heavy atom. The van der Waals surface area contributed by atoms with Gasteiger partial charge < -0.3 is 25.4 Å². The minimum Gasteiger partial charge on any atom is -0.390 e. The van der Waals surface area contributed by atoms with Crippen molar-refractivity contribution in [1.82, 2.24) is 15.5 Å². The molecule has 0 aromatic carbocycles. The Labute approximate surface area is 167 Å². The van der Waals surface area contributed by atoms with Crippen LogP contribution >= 0.6 is 0 Å². The number of ether oxygens (including phenoxy) is 1. The number of likely N-dealkylation sites (tertiary alicyclic amines) is 1. The van der Waals surface area contributed by atoms with E-state index in [-0.39, 0.29) is 12.1 Å². The Hall–Kier alpha value is -0.280. The predicted octanol–water partition coefficient (Wildman–Crippen LogP) is 0.197. The van der Waals surface area contributed by atoms with Crippen molar-refractivity contribution < 1.29 is 20.1 Å². The molecule has 3 saturated heterocycles. The van der Waals surface area contributed by atoms with Gasteiger partial charge in [0.15, 0.2) is 0 Å². The summed E-state index contributed by atoms with van der Waals surface area (Å²) in [4.78, 5) is 2.16. The molecule has 160 valence electrons. The number of nitrogens with one attached hydrogen (secondary N) is 2. The summed E-state index contributed by atoms with van der Waals surface area (Å²) in [6.07, 6.45) is 4.41. The average molecular weight is 396 g/mol. The van der Waals surface area contributed by atoms with Crippen molar-refractivity contribution in [2.45, 2.75) is 94.7 Å². The van der Waals surface area contributed by atoms with Gasteiger partial charge in [0, 0.05) is 25.2 Å². The first-order chi connectivity index (χ1) is 13.5. The van der Waals surface area contributed by atoms with Crippen molar-refractivity contribution in [3.63, 3.8) is 0 Å². The van der Waals surface area contributed by atoms with Crippen molar-refractivity contribution in [3.8, 4) is 0 Å². The molecule has 2 aliphatic carbocycles. The zero-order valence-corrected chi connectivity index (χ0v) is 16.9. The molecule has 0 spiro atoms. The lowest BCUT2D eigenvalue weighted by Crippen LogP contribution is -2.61. The van der Waals surface area contributed by atoms with Gasteiger partial charge in [-0.1, -0.05) is 19.3 Å². The zero-order chi connectivity index (χ0) is 19.4. The highest BCUT2D eigenvalue weighted by molar-refractivity contribution is 5.02. The molecule has 0 bridgehead atoms. The van der Waals surface area contributed by atoms with Crippen LogP contribution < -0.4 is 10.6 Å². The van der Waals surface area contributed by atoms with E-state index >= 15 is 0 Å². The largest absolute Gasteiger partial charge is 0.390 e. The topological polar surface area (TPSA) is 97.2 Å². The van der Waals surface area contributed by atoms with E-state index in [1.807, 2.05) is 0 Å². The van der Waals surface area contributed by atoms with Crippen molar-refractivity contribution in [1.29, 1.82) is 0 Å². The summed E-state index contributed by atoms with van der Waals surface area (Å²) >= 11 is 0. The normalized spacial score (nSPS) is 53.1. The highest BCUT2D eigenvalue weighted by Gasteiger charge is 2.54. The monoisotopic (exact) mass is 395 g/mol. The number of hydrogen-bond acceptors (Lipinski definition) is 7. The number of fused-ring (bicyclic) bond motifs is 2. The molecule has 0 amide bonds. The Kier molecular flexibility index (Phi) is 5.45. The highest BCUT2D eigenvalue weighted by Crippen LogP contribution is 2.46. The fraction of sp³-hybridized carbons (Fsp3) is 1.00. The van der Waals surface area contributed by atoms with Gasteiger partial charge in [0.1, 0.15) is 24.5 Å². The fourth-order valence-corrected chi connectivity index (χ4v) is 6.95. The second kappa shape index (κ2) is 7.76. The lowest BCUT2D eigenvalue weighted by atomic mass is 9.72. The quantitative estimate of drug-likeness (QED) is 0.466. The first-order valence-electron chi connectivity index (χ1n) is 11.5. The van der Waals surface area contributed by atoms with Crippen LogP contribution in [0.2, 0.25) is 0 Å². The van der Waals surface area contributed by atoms with Gasteiger partial charge in [-0.25, -0.2) is 0 Å². The maximum atomic E-state index is 11.1. The second-order valence-corrected chi connectivity index (χ2v) is 10.00. The highest BCUT2D eigenvalue weighted by atomic mass is 16.6. The molecule has 28 heavy (non-hydrogen) atoms. The number of aliphatic hydroxyl groups excluding tert-OH is 3. The van der Waals surface area contributed by atoms with E-state index in [9.17, 15) is 15.3 Å². The van der Waals surface area contributed by atoms with Gasteiger partial charge in [-0.05, 0) is 50.4 Å². The van der Waals surface area contributed by atoms with Gasteiger partial charge in [0.25, 0.3) is 0 Å². The van der Waals surface area contributed by atoms with Gasteiger partial charge >= 0.3 is 0 Å². The van der Waals surface area contributed by atoms with E-state index < -0.39 is 30.6 Å². The van der Waals surface area contributed by atoms with Gasteiger partial charge in [-0.2, -0.15) is 0 Å². The molecule has 3 aliphatic heterocycles. The van der Waals surface area contributed by atoms with Crippen LogP contribution in [0.4, 0.5) is 0 Å². The lowest BCUT2D eigenvalue weighted by molar-refractivity contribution is -0.139. The fourth-order valence-electron chi connectivity index (χ4n) is 6.95. The van der Waals surface area contributed by atoms with Gasteiger partial charge in [0.05, 0.1) is 12.3 Å². The van der Waals surface area contributed by atoms with E-state index in [2.05, 4.69) is 22.5 Å². The molecule has 2 saturated carbocycles. The smallest absolute Gasteiger partial charge is 0.141 e. The third kappa shape index (κ3) is 3.23. The standard InChI is InChI=1S/C21H37N3O4/c1-11-15-7-8-24(20(15)23-10-22-11)21-18(27)17(26)19(28-21)16(25)14-6-5-12-3-2-4-13(12)9-14/h11-23,25-27H,2-10H2,1H3/t11?,12?,13?,14?,15?,16-,17+,18-,19-,20?,21-/m1/s1. The average Bonchev–Trinajstić information content (AvgIpc) is 3.40. The maximum Gasteiger partial charge on any atom is 0.141 e. The molecule has 5 aliphatic rings. The van der Waals surface area contributed by atoms with Crippen LogP contribution in [0.15, 0.2) is 0 Å². The van der Waals surface area contributed by atoms with Crippen LogP contribution in [0.5, 0.6) is 0 Å². The van der Waals surface area contributed by atoms with E-state index in [1.165, 1.54) is 25.7 Å². The van der Waals surface area contributed by atoms with Crippen LogP contribution in [0.3, 0.4) is 0 Å². The molecule has 7 nitrogen and oxygen atoms in total. The Bertz CT molecular complexity index is 566. The van der Waals surface area contributed by atoms with Crippen LogP contribution in [-0.2, 0) is 4.74 Å². The molecule has 5 fully saturated rings. The number of hydrogen-bond donors (Lipinski definition) is 5. The summed E-state index contributed by atoms with van der Waals surface area (Å²) in [6.45, 7) is 3.77. The van der Waals surface area contributed by atoms with Crippen LogP contribution in [0, 0.1) is 23.7 Å². The first kappa shape index (κ1) is 19.7. The van der Waals surface area contributed by atoms with Gasteiger partial charge in [0.2, 0.25) is 0 Å². The molecule has 5 rings (SSSR count). The molecular weight excluding hydrogens is 358 g/mol. The summed E-state index contributed by atoms with van der Waals surface area (Å²) in [5.41, 5.74) is 0. The Balaban J connectivity index is 1.26. The predicted molar refractivity (Wildman–Crippen MR) is 104 cm³/mol. The maximum absolute atomic E-state index is 11.1. The van der Waals surface area contributed by atoms with E-state index in [0.717, 1.165) is 44.3 Å². The summed E-state index contributed by atoms with van der Waals surface area (Å²) in [6, 6.07) is 0.419. The molecule has 6 unspecified atom stereocenters. The Morgan fingerprint density at radius 3 is 2.68 bits per heavy atom. The molecule has 7 heteroatoms. The van der Waals surface area contributed by atoms with E-state index in [1.54, 1.807) is 0 Å². The van der Waals surface area contributed by atoms with Crippen molar-refractivity contribution in [3.05, 3.63) is 0 Å². The van der Waals surface area contributed by atoms with Gasteiger partial charge in [-0.15, -0.1) is 0 Å². The number of aliphatic hydroxyl groups is 3. The molecular formula is C21H37N3O4. The molecule has 3 heterocycles. The minimum absolute atomic E-state index is 0.146. The zero-order valence-electron chi connectivity index (χ0n) is 16.9. The number of rotatable bonds is 3. The van der Waals surface area contributed by atoms with Crippen molar-refractivity contribution in [2.75, 3.05) is 13.2 Å². The Morgan fingerprint density at radius 1 is 1.00 bits per heavy atom. The second-order valence-electron chi connectivity index (χ2n) is 10.00. The number of nitrogens with zero attached hydrogens (tertiary/aromatic N) is 1. The molecule has 5 N–H and O–H groups in total. The third-order valence-electron chi connectivity index (χ3n) is 8.61. The molecule has 0 aromatic rings. The van der Waals surface area contributed by atoms with E-state index in [4.69, 9.17) is 4.74 Å². The first-order valence-corrected chi connectivity index (χ1v) is 11.5.